The van der Waals surface area contributed by atoms with E-state index in [0.717, 1.165) is 88.1 Å². The number of ether oxygens (including phenoxy) is 7. The third kappa shape index (κ3) is 21.5. The molecule has 16 heterocycles. The van der Waals surface area contributed by atoms with Crippen molar-refractivity contribution in [2.24, 2.45) is 41.4 Å². The Balaban J connectivity index is 0.000000136. The summed E-state index contributed by atoms with van der Waals surface area (Å²) in [5.41, 5.74) is -2.72. The van der Waals surface area contributed by atoms with Crippen molar-refractivity contribution in [2.75, 3.05) is 53.0 Å². The molecule has 26 nitrogen and oxygen atoms in total. The van der Waals surface area contributed by atoms with Gasteiger partial charge in [-0.15, -0.1) is 0 Å². The molecular formula is C94H144F6N10O16Si. The minimum atomic E-state index is -4.60. The molecule has 16 saturated heterocycles. The molecule has 16 fully saturated rings. The quantitative estimate of drug-likeness (QED) is 0.114. The predicted molar refractivity (Wildman–Crippen MR) is 467 cm³/mol. The van der Waals surface area contributed by atoms with Gasteiger partial charge in [-0.05, 0) is 257 Å². The third-order valence-corrected chi connectivity index (χ3v) is 33.7. The smallest absolute Gasteiger partial charge is 0.410 e. The van der Waals surface area contributed by atoms with Crippen molar-refractivity contribution in [3.63, 3.8) is 0 Å². The summed E-state index contributed by atoms with van der Waals surface area (Å²) < 4.78 is 122. The summed E-state index contributed by atoms with van der Waals surface area (Å²) in [5, 5.41) is 24.1. The van der Waals surface area contributed by atoms with Gasteiger partial charge in [0.25, 0.3) is 8.32 Å². The summed E-state index contributed by atoms with van der Waals surface area (Å²) in [7, 11) is -1.27. The number of rotatable bonds is 7. The minimum absolute atomic E-state index is 0.0146. The SMILES string of the molecule is C1CCOC1.CC(C)(C)OC(=O)N1C2CC3CNC2[C@@H](O[Si](c2ccccc2)(c2ccccc2)C(C)(C)C)C1C3.CC(C)(C)OC(=O)N1[C@@H]2CC3C[C@H]1[C@H](O)C2N(C(=O)CC(F)(F)F)C3.CO[C@@H]1C2[C@H]3CC(C[C@@H]1N3C(=O)OC(C)(C)C)CN2C(=O)CC(F)(F)F.C[C@@H]1[C@H]2NC[C@@H]3C[C@H]2N(C(=O)OC(C)(C)C)[C@H]1C3.C[C@H]1[C@H]2NC[C@@H]3C[C@H]1N(C(=O)OC(C)(C)C)[C@H]2C3. The molecule has 2 aromatic rings. The van der Waals surface area contributed by atoms with Crippen LogP contribution < -0.4 is 26.3 Å². The lowest BCUT2D eigenvalue weighted by Gasteiger charge is -2.46. The van der Waals surface area contributed by atoms with E-state index in [1.807, 2.05) is 77.0 Å². The van der Waals surface area contributed by atoms with Gasteiger partial charge in [0.05, 0.1) is 78.7 Å². The van der Waals surface area contributed by atoms with Gasteiger partial charge in [-0.25, -0.2) is 24.0 Å². The van der Waals surface area contributed by atoms with E-state index in [9.17, 15) is 65.0 Å². The first kappa shape index (κ1) is 97.8. The Morgan fingerprint density at radius 1 is 0.402 bits per heavy atom. The first-order valence-electron chi connectivity index (χ1n) is 46.6. The second-order valence-corrected chi connectivity index (χ2v) is 49.0. The molecule has 7 amide bonds. The second-order valence-electron chi connectivity index (χ2n) is 44.7. The number of carbonyl (C=O) groups is 7. The fourth-order valence-corrected chi connectivity index (χ4v) is 29.0. The Bertz CT molecular complexity index is 4070. The largest absolute Gasteiger partial charge is 0.444 e. The number of nitrogens with zero attached hydrogens (tertiary/aromatic N) is 7. The van der Waals surface area contributed by atoms with Gasteiger partial charge in [0.1, 0.15) is 47.0 Å². The fraction of sp³-hybridized carbons (Fsp3) is 0.798. The molecule has 18 rings (SSSR count). The number of methoxy groups -OCH3 is 1. The topological polar surface area (TPSA) is 272 Å². The number of aliphatic hydroxyl groups is 1. The maximum Gasteiger partial charge on any atom is 0.410 e. The van der Waals surface area contributed by atoms with Gasteiger partial charge in [-0.2, -0.15) is 26.3 Å². The van der Waals surface area contributed by atoms with Crippen molar-refractivity contribution in [1.82, 2.24) is 50.2 Å². The fourth-order valence-electron chi connectivity index (χ4n) is 24.2. The number of piperidine rings is 10. The first-order valence-corrected chi connectivity index (χ1v) is 48.5. The van der Waals surface area contributed by atoms with E-state index in [1.54, 1.807) is 46.4 Å². The van der Waals surface area contributed by atoms with Crippen LogP contribution in [0.25, 0.3) is 0 Å². The van der Waals surface area contributed by atoms with Crippen LogP contribution in [-0.2, 0) is 47.2 Å². The van der Waals surface area contributed by atoms with Crippen LogP contribution in [0.1, 0.15) is 228 Å². The van der Waals surface area contributed by atoms with Gasteiger partial charge in [0, 0.05) is 57.6 Å². The molecule has 127 heavy (non-hydrogen) atoms. The van der Waals surface area contributed by atoms with E-state index in [-0.39, 0.29) is 84.6 Å². The van der Waals surface area contributed by atoms with Gasteiger partial charge in [-0.3, -0.25) is 24.3 Å². The zero-order chi connectivity index (χ0) is 92.9. The minimum Gasteiger partial charge on any atom is -0.444 e. The molecule has 33 heteroatoms. The normalized spacial score (nSPS) is 34.4. The van der Waals surface area contributed by atoms with Gasteiger partial charge < -0.3 is 78.2 Å². The second kappa shape index (κ2) is 37.0. The summed E-state index contributed by atoms with van der Waals surface area (Å²) in [6.45, 7) is 45.1. The van der Waals surface area contributed by atoms with Crippen LogP contribution in [0.4, 0.5) is 50.3 Å². The highest BCUT2D eigenvalue weighted by Crippen LogP contribution is 2.53. The first-order chi connectivity index (χ1) is 59.0. The van der Waals surface area contributed by atoms with Crippen LogP contribution in [0, 0.1) is 41.4 Å². The van der Waals surface area contributed by atoms with Gasteiger partial charge in [-0.1, -0.05) is 95.3 Å². The maximum atomic E-state index is 13.4. The molecule has 15 bridgehead atoms. The van der Waals surface area contributed by atoms with Crippen molar-refractivity contribution in [2.45, 2.75) is 383 Å². The van der Waals surface area contributed by atoms with Gasteiger partial charge in [0.15, 0.2) is 0 Å². The summed E-state index contributed by atoms with van der Waals surface area (Å²) >= 11 is 0. The van der Waals surface area contributed by atoms with E-state index in [2.05, 4.69) is 111 Å². The van der Waals surface area contributed by atoms with Crippen molar-refractivity contribution in [1.29, 1.82) is 0 Å². The number of fused-ring (bicyclic) bond motifs is 10. The molecule has 16 aliphatic rings. The molecule has 0 saturated carbocycles. The number of benzene rings is 2. The number of nitrogens with one attached hydrogen (secondary N) is 3. The van der Waals surface area contributed by atoms with Gasteiger partial charge >= 0.3 is 42.8 Å². The van der Waals surface area contributed by atoms with E-state index < -0.39 is 122 Å². The van der Waals surface area contributed by atoms with Crippen LogP contribution in [-0.4, -0.2) is 292 Å². The summed E-state index contributed by atoms with van der Waals surface area (Å²) in [6, 6.07) is 21.2. The van der Waals surface area contributed by atoms with E-state index in [4.69, 9.17) is 37.6 Å². The lowest BCUT2D eigenvalue weighted by Crippen LogP contribution is -2.69. The Morgan fingerprint density at radius 3 is 1.06 bits per heavy atom. The monoisotopic (exact) mass is 1810 g/mol. The Morgan fingerprint density at radius 2 is 0.701 bits per heavy atom. The number of carbonyl (C=O) groups excluding carboxylic acids is 7. The van der Waals surface area contributed by atoms with Crippen molar-refractivity contribution in [3.05, 3.63) is 60.7 Å². The number of amides is 7. The van der Waals surface area contributed by atoms with E-state index in [1.165, 1.54) is 40.1 Å². The molecule has 0 aliphatic carbocycles. The molecule has 0 aromatic heterocycles. The number of likely N-dealkylation sites (tertiary alicyclic amines) is 2. The van der Waals surface area contributed by atoms with Crippen molar-refractivity contribution >= 4 is 61.0 Å². The molecule has 25 atom stereocenters. The molecule has 2 aromatic carbocycles. The summed E-state index contributed by atoms with van der Waals surface area (Å²) in [4.78, 5) is 99.3. The Hall–Kier alpha value is -6.75. The third-order valence-electron chi connectivity index (χ3n) is 28.6. The average Bonchev–Trinajstić information content (AvgIpc) is 1.62. The molecule has 8 unspecified atom stereocenters. The number of alkyl halides is 6. The predicted octanol–water partition coefficient (Wildman–Crippen LogP) is 13.6. The molecule has 4 N–H and O–H groups in total. The molecular weight excluding hydrogens is 1670 g/mol. The highest BCUT2D eigenvalue weighted by atomic mass is 28.4. The number of aliphatic hydroxyl groups excluding tert-OH is 1. The van der Waals surface area contributed by atoms with E-state index >= 15 is 0 Å². The number of hydrogen-bond donors (Lipinski definition) is 4. The maximum absolute atomic E-state index is 13.4. The van der Waals surface area contributed by atoms with Crippen molar-refractivity contribution in [3.8, 4) is 0 Å². The van der Waals surface area contributed by atoms with Crippen LogP contribution in [0.5, 0.6) is 0 Å². The van der Waals surface area contributed by atoms with Gasteiger partial charge in [0.2, 0.25) is 11.8 Å². The summed E-state index contributed by atoms with van der Waals surface area (Å²) in [5.74, 6) is 1.23. The standard InChI is InChI=1S/C29H40N2O3Si.C17H25F3N2O4.C16H23F3N2O4.2C14H24N2O2.C4H8O/c1-28(2,3)33-27(32)31-23-17-20-18-24(31)26(25(23)30-19-20)34-35(29(4,5)6,21-13-9-7-10-14-21)22-15-11-8-12-16-22;1-16(2,3)26-15(24)22-10-5-9-6-11(22)14(25-4)13(10)21(8-9)12(23)7-17(18,19)20;1-15(2,3)25-14(24)21-9-4-8-5-10(21)13(23)12(9)20(7-8)11(22)6-16(17,18)19;2*1-8-10-5-9-6-11(12(8)15-7-9)16(10)13(17)18-14(2,3)4;1-2-4-5-3-1/h7-16,20,23-26,30H,17-19H2,1-6H3;9-11,13-14H,5-8H2,1-4H3;8-10,12-13,23H,4-7H2,1-3H3;2*8-12,15H,5-7H2,1-4H3;1-4H2/t20?,23?,24?,25?,26-;9?,10-,11+,13?,14+;8?,9-,10+,12?,13+;8-,9-,10-,11+,12+;8-,9-,10-,11+,12-;/m01101./s1. The van der Waals surface area contributed by atoms with Crippen LogP contribution in [0.3, 0.4) is 0 Å². The Labute approximate surface area is 748 Å². The summed E-state index contributed by atoms with van der Waals surface area (Å²) in [6.07, 6.45) is -3.96. The highest BCUT2D eigenvalue weighted by Gasteiger charge is 2.67. The average molecular weight is 1810 g/mol. The molecule has 16 aliphatic heterocycles. The molecule has 0 radical (unpaired) electrons. The van der Waals surface area contributed by atoms with E-state index in [0.29, 0.717) is 79.7 Å². The number of hydrogen-bond acceptors (Lipinski definition) is 19. The highest BCUT2D eigenvalue weighted by molar-refractivity contribution is 6.99. The van der Waals surface area contributed by atoms with Crippen LogP contribution in [0.2, 0.25) is 5.04 Å². The lowest BCUT2D eigenvalue weighted by molar-refractivity contribution is -0.168. The molecule has 0 spiro atoms. The Kier molecular flexibility index (Phi) is 28.5. The van der Waals surface area contributed by atoms with Crippen molar-refractivity contribution < 1.29 is 103 Å². The molecule has 712 valence electrons. The van der Waals surface area contributed by atoms with Crippen LogP contribution >= 0.6 is 0 Å². The number of halogens is 6. The van der Waals surface area contributed by atoms with Crippen LogP contribution in [0.15, 0.2) is 60.7 Å². The zero-order valence-corrected chi connectivity index (χ0v) is 79.5. The lowest BCUT2D eigenvalue weighted by atomic mass is 9.86. The zero-order valence-electron chi connectivity index (χ0n) is 78.5.